The Balaban J connectivity index is 1.40. The molecule has 1 atom stereocenters. The zero-order valence-corrected chi connectivity index (χ0v) is 20.8. The number of amides is 2. The third-order valence-corrected chi connectivity index (χ3v) is 6.92. The third-order valence-electron chi connectivity index (χ3n) is 6.05. The van der Waals surface area contributed by atoms with E-state index < -0.39 is 11.9 Å². The molecule has 186 valence electrons. The maximum Gasteiger partial charge on any atom is 0.251 e. The number of thiophene rings is 1. The lowest BCUT2D eigenvalue weighted by Crippen LogP contribution is -2.45. The summed E-state index contributed by atoms with van der Waals surface area (Å²) >= 11 is 1.49. The summed E-state index contributed by atoms with van der Waals surface area (Å²) < 4.78 is 5.89. The van der Waals surface area contributed by atoms with Crippen LogP contribution in [0.1, 0.15) is 30.4 Å². The number of fused-ring (bicyclic) bond motifs is 1. The number of benzene rings is 1. The van der Waals surface area contributed by atoms with Gasteiger partial charge in [-0.25, -0.2) is 0 Å². The first-order valence-corrected chi connectivity index (χ1v) is 12.8. The molecule has 1 aliphatic carbocycles. The number of tetrazole rings is 1. The van der Waals surface area contributed by atoms with E-state index >= 15 is 0 Å². The van der Waals surface area contributed by atoms with Crippen molar-refractivity contribution in [1.29, 1.82) is 0 Å². The van der Waals surface area contributed by atoms with Gasteiger partial charge in [0.25, 0.3) is 11.8 Å². The molecular formula is C26H23N7O3S. The van der Waals surface area contributed by atoms with Crippen LogP contribution in [0.4, 0.5) is 5.69 Å². The summed E-state index contributed by atoms with van der Waals surface area (Å²) in [6, 6.07) is 15.8. The van der Waals surface area contributed by atoms with Gasteiger partial charge in [0.2, 0.25) is 5.82 Å². The minimum Gasteiger partial charge on any atom is -0.464 e. The predicted octanol–water partition coefficient (Wildman–Crippen LogP) is 3.90. The van der Waals surface area contributed by atoms with Crippen LogP contribution in [0.5, 0.6) is 0 Å². The van der Waals surface area contributed by atoms with E-state index in [1.54, 1.807) is 25.3 Å². The molecule has 0 saturated heterocycles. The van der Waals surface area contributed by atoms with Crippen molar-refractivity contribution in [3.05, 3.63) is 77.7 Å². The SMILES string of the molecule is Cc1ccc([C@@H](C(=O)NC2CC2)N(C(=O)Cn2nnc(-c3cccs3)n2)c2cnc3ccccc3c2)o1. The van der Waals surface area contributed by atoms with Gasteiger partial charge in [0.1, 0.15) is 18.1 Å². The quantitative estimate of drug-likeness (QED) is 0.334. The Morgan fingerprint density at radius 3 is 2.81 bits per heavy atom. The topological polar surface area (TPSA) is 119 Å². The van der Waals surface area contributed by atoms with Crippen LogP contribution in [-0.4, -0.2) is 43.0 Å². The molecule has 1 aromatic carbocycles. The van der Waals surface area contributed by atoms with Gasteiger partial charge in [-0.1, -0.05) is 24.3 Å². The normalized spacial score (nSPS) is 14.0. The first kappa shape index (κ1) is 23.0. The van der Waals surface area contributed by atoms with Crippen molar-refractivity contribution in [3.8, 4) is 10.7 Å². The summed E-state index contributed by atoms with van der Waals surface area (Å²) in [5.74, 6) is 0.720. The number of hydrogen-bond acceptors (Lipinski definition) is 8. The summed E-state index contributed by atoms with van der Waals surface area (Å²) in [5, 5.41) is 18.3. The van der Waals surface area contributed by atoms with Crippen LogP contribution < -0.4 is 10.2 Å². The van der Waals surface area contributed by atoms with Gasteiger partial charge in [-0.3, -0.25) is 19.5 Å². The number of anilines is 1. The molecule has 0 unspecified atom stereocenters. The maximum absolute atomic E-state index is 13.9. The average Bonchev–Trinajstić information content (AvgIpc) is 3.28. The molecule has 2 amide bonds. The second-order valence-electron chi connectivity index (χ2n) is 8.90. The number of carbonyl (C=O) groups is 2. The second-order valence-corrected chi connectivity index (χ2v) is 9.85. The van der Waals surface area contributed by atoms with Crippen molar-refractivity contribution in [1.82, 2.24) is 30.5 Å². The molecular weight excluding hydrogens is 490 g/mol. The van der Waals surface area contributed by atoms with E-state index in [0.717, 1.165) is 28.6 Å². The van der Waals surface area contributed by atoms with Gasteiger partial charge in [0.05, 0.1) is 22.3 Å². The molecule has 1 saturated carbocycles. The Bertz CT molecular complexity index is 1570. The van der Waals surface area contributed by atoms with E-state index in [1.165, 1.54) is 21.0 Å². The van der Waals surface area contributed by atoms with Crippen LogP contribution in [0.25, 0.3) is 21.6 Å². The fraction of sp³-hybridized carbons (Fsp3) is 0.231. The minimum absolute atomic E-state index is 0.100. The van der Waals surface area contributed by atoms with Crippen molar-refractivity contribution in [2.24, 2.45) is 0 Å². The molecule has 10 nitrogen and oxygen atoms in total. The Labute approximate surface area is 215 Å². The van der Waals surface area contributed by atoms with Crippen molar-refractivity contribution in [2.45, 2.75) is 38.4 Å². The highest BCUT2D eigenvalue weighted by Gasteiger charge is 2.38. The zero-order valence-electron chi connectivity index (χ0n) is 19.9. The number of nitrogens with zero attached hydrogens (tertiary/aromatic N) is 6. The number of aromatic nitrogens is 5. The fourth-order valence-electron chi connectivity index (χ4n) is 4.12. The van der Waals surface area contributed by atoms with Gasteiger partial charge in [-0.15, -0.1) is 21.5 Å². The van der Waals surface area contributed by atoms with Crippen molar-refractivity contribution in [3.63, 3.8) is 0 Å². The summed E-state index contributed by atoms with van der Waals surface area (Å²) in [5.41, 5.74) is 1.25. The maximum atomic E-state index is 13.9. The van der Waals surface area contributed by atoms with Crippen LogP contribution in [0.15, 0.2) is 70.6 Å². The summed E-state index contributed by atoms with van der Waals surface area (Å²) in [6.45, 7) is 1.58. The van der Waals surface area contributed by atoms with E-state index in [2.05, 4.69) is 25.7 Å². The van der Waals surface area contributed by atoms with Crippen LogP contribution in [0, 0.1) is 6.92 Å². The number of nitrogens with one attached hydrogen (secondary N) is 1. The molecule has 6 rings (SSSR count). The minimum atomic E-state index is -1.04. The smallest absolute Gasteiger partial charge is 0.251 e. The molecule has 4 aromatic heterocycles. The van der Waals surface area contributed by atoms with Crippen LogP contribution in [0.2, 0.25) is 0 Å². The standard InChI is InChI=1S/C26H23N7O3S/c1-16-8-11-21(36-16)24(26(35)28-18-9-10-18)33(19-13-17-5-2-3-6-20(17)27-14-19)23(34)15-32-30-25(29-31-32)22-7-4-12-37-22/h2-8,11-14,18,24H,9-10,15H2,1H3,(H,28,35)/t24-/m0/s1. The van der Waals surface area contributed by atoms with Crippen molar-refractivity contribution >= 4 is 39.7 Å². The molecule has 37 heavy (non-hydrogen) atoms. The van der Waals surface area contributed by atoms with E-state index in [4.69, 9.17) is 4.42 Å². The number of pyridine rings is 1. The zero-order chi connectivity index (χ0) is 25.4. The summed E-state index contributed by atoms with van der Waals surface area (Å²) in [6.07, 6.45) is 3.42. The van der Waals surface area contributed by atoms with Crippen LogP contribution >= 0.6 is 11.3 Å². The lowest BCUT2D eigenvalue weighted by atomic mass is 10.1. The molecule has 0 spiro atoms. The monoisotopic (exact) mass is 513 g/mol. The molecule has 11 heteroatoms. The Morgan fingerprint density at radius 2 is 2.05 bits per heavy atom. The fourth-order valence-corrected chi connectivity index (χ4v) is 4.77. The highest BCUT2D eigenvalue weighted by molar-refractivity contribution is 7.13. The molecule has 1 fully saturated rings. The number of hydrogen-bond donors (Lipinski definition) is 1. The van der Waals surface area contributed by atoms with Crippen LogP contribution in [0.3, 0.4) is 0 Å². The molecule has 4 heterocycles. The highest BCUT2D eigenvalue weighted by atomic mass is 32.1. The number of rotatable bonds is 8. The molecule has 0 bridgehead atoms. The van der Waals surface area contributed by atoms with E-state index in [0.29, 0.717) is 23.0 Å². The lowest BCUT2D eigenvalue weighted by Gasteiger charge is -2.29. The third kappa shape index (κ3) is 4.85. The largest absolute Gasteiger partial charge is 0.464 e. The van der Waals surface area contributed by atoms with Crippen molar-refractivity contribution < 1.29 is 14.0 Å². The summed E-state index contributed by atoms with van der Waals surface area (Å²) in [7, 11) is 0. The highest BCUT2D eigenvalue weighted by Crippen LogP contribution is 2.32. The molecule has 1 aliphatic rings. The second kappa shape index (κ2) is 9.58. The lowest BCUT2D eigenvalue weighted by molar-refractivity contribution is -0.127. The first-order chi connectivity index (χ1) is 18.0. The van der Waals surface area contributed by atoms with Gasteiger partial charge in [0.15, 0.2) is 6.04 Å². The molecule has 5 aromatic rings. The van der Waals surface area contributed by atoms with Gasteiger partial charge in [0, 0.05) is 11.4 Å². The average molecular weight is 514 g/mol. The first-order valence-electron chi connectivity index (χ1n) is 11.9. The van der Waals surface area contributed by atoms with Crippen molar-refractivity contribution in [2.75, 3.05) is 4.90 Å². The molecule has 0 radical (unpaired) electrons. The molecule has 1 N–H and O–H groups in total. The Hall–Kier alpha value is -4.38. The molecule has 0 aliphatic heterocycles. The van der Waals surface area contributed by atoms with Gasteiger partial charge >= 0.3 is 0 Å². The van der Waals surface area contributed by atoms with E-state index in [9.17, 15) is 9.59 Å². The Kier molecular flexibility index (Phi) is 5.97. The number of furan rings is 1. The number of aryl methyl sites for hydroxylation is 1. The predicted molar refractivity (Wildman–Crippen MR) is 138 cm³/mol. The Morgan fingerprint density at radius 1 is 1.19 bits per heavy atom. The van der Waals surface area contributed by atoms with E-state index in [1.807, 2.05) is 47.8 Å². The van der Waals surface area contributed by atoms with Crippen LogP contribution in [-0.2, 0) is 16.1 Å². The number of carbonyl (C=O) groups excluding carboxylic acids is 2. The van der Waals surface area contributed by atoms with Gasteiger partial charge in [-0.05, 0) is 60.7 Å². The van der Waals surface area contributed by atoms with E-state index in [-0.39, 0.29) is 18.5 Å². The van der Waals surface area contributed by atoms with Gasteiger partial charge in [-0.2, -0.15) is 4.80 Å². The summed E-state index contributed by atoms with van der Waals surface area (Å²) in [4.78, 5) is 35.5. The number of para-hydroxylation sites is 1. The van der Waals surface area contributed by atoms with Gasteiger partial charge < -0.3 is 9.73 Å².